The minimum Gasteiger partial charge on any atom is -0.367 e. The molecule has 2 saturated heterocycles. The topological polar surface area (TPSA) is 82.7 Å². The van der Waals surface area contributed by atoms with Crippen molar-refractivity contribution in [1.82, 2.24) is 20.9 Å². The Morgan fingerprint density at radius 2 is 2.20 bits per heavy atom. The molecule has 2 heterocycles. The van der Waals surface area contributed by atoms with E-state index in [2.05, 4.69) is 16.0 Å². The first-order valence-electron chi connectivity index (χ1n) is 8.44. The molecule has 10 heteroatoms. The lowest BCUT2D eigenvalue weighted by molar-refractivity contribution is -0.187. The van der Waals surface area contributed by atoms with E-state index in [0.717, 1.165) is 0 Å². The normalized spacial score (nSPS) is 26.4. The van der Waals surface area contributed by atoms with E-state index in [-0.39, 0.29) is 37.0 Å². The van der Waals surface area contributed by atoms with Crippen LogP contribution in [-0.4, -0.2) is 80.4 Å². The molecule has 2 aliphatic heterocycles. The first-order valence-corrected chi connectivity index (χ1v) is 8.44. The maximum Gasteiger partial charge on any atom is 0.411 e. The van der Waals surface area contributed by atoms with Crippen LogP contribution in [0.15, 0.2) is 0 Å². The summed E-state index contributed by atoms with van der Waals surface area (Å²) in [6.07, 6.45) is -3.68. The number of nitrogens with zero attached hydrogens (tertiary/aromatic N) is 1. The third-order valence-electron chi connectivity index (χ3n) is 4.40. The molecule has 0 spiro atoms. The molecule has 0 aliphatic carbocycles. The third kappa shape index (κ3) is 6.79. The highest BCUT2D eigenvalue weighted by atomic mass is 19.4. The minimum atomic E-state index is -4.32. The molecule has 144 valence electrons. The van der Waals surface area contributed by atoms with Gasteiger partial charge in [0.2, 0.25) is 11.8 Å². The van der Waals surface area contributed by atoms with Gasteiger partial charge in [0, 0.05) is 31.7 Å². The van der Waals surface area contributed by atoms with E-state index in [0.29, 0.717) is 32.5 Å². The first-order chi connectivity index (χ1) is 11.7. The van der Waals surface area contributed by atoms with E-state index < -0.39 is 18.9 Å². The SMILES string of the molecule is C[C@@H](NC(=O)CN1CCNCC1=O)C1CCC(OCC(F)(F)F)CN1. The molecule has 0 aromatic carbocycles. The molecule has 7 nitrogen and oxygen atoms in total. The van der Waals surface area contributed by atoms with Gasteiger partial charge in [-0.05, 0) is 19.8 Å². The Morgan fingerprint density at radius 1 is 1.44 bits per heavy atom. The van der Waals surface area contributed by atoms with E-state index in [1.807, 2.05) is 6.92 Å². The molecule has 0 aromatic heterocycles. The van der Waals surface area contributed by atoms with Crippen LogP contribution < -0.4 is 16.0 Å². The van der Waals surface area contributed by atoms with Crippen molar-refractivity contribution in [3.05, 3.63) is 0 Å². The monoisotopic (exact) mass is 366 g/mol. The number of piperazine rings is 1. The number of rotatable bonds is 6. The van der Waals surface area contributed by atoms with Crippen LogP contribution in [0.5, 0.6) is 0 Å². The molecule has 2 unspecified atom stereocenters. The van der Waals surface area contributed by atoms with Crippen molar-refractivity contribution in [2.45, 2.75) is 44.1 Å². The minimum absolute atomic E-state index is 0.0227. The van der Waals surface area contributed by atoms with Gasteiger partial charge in [0.25, 0.3) is 0 Å². The van der Waals surface area contributed by atoms with Gasteiger partial charge in [0.1, 0.15) is 6.61 Å². The number of carbonyl (C=O) groups excluding carboxylic acids is 2. The predicted molar refractivity (Wildman–Crippen MR) is 83.9 cm³/mol. The number of ether oxygens (including phenoxy) is 1. The third-order valence-corrected chi connectivity index (χ3v) is 4.40. The quantitative estimate of drug-likeness (QED) is 0.597. The van der Waals surface area contributed by atoms with Crippen molar-refractivity contribution >= 4 is 11.8 Å². The van der Waals surface area contributed by atoms with E-state index in [9.17, 15) is 22.8 Å². The molecular formula is C15H25F3N4O3. The average Bonchev–Trinajstić information content (AvgIpc) is 2.55. The van der Waals surface area contributed by atoms with Crippen molar-refractivity contribution < 1.29 is 27.5 Å². The number of amides is 2. The fourth-order valence-electron chi connectivity index (χ4n) is 3.02. The highest BCUT2D eigenvalue weighted by Crippen LogP contribution is 2.19. The lowest BCUT2D eigenvalue weighted by Gasteiger charge is -2.34. The number of piperidine rings is 1. The molecule has 25 heavy (non-hydrogen) atoms. The second-order valence-electron chi connectivity index (χ2n) is 6.49. The molecular weight excluding hydrogens is 341 g/mol. The molecule has 0 saturated carbocycles. The Morgan fingerprint density at radius 3 is 2.80 bits per heavy atom. The van der Waals surface area contributed by atoms with Gasteiger partial charge in [-0.3, -0.25) is 9.59 Å². The number of halogens is 3. The number of carbonyl (C=O) groups is 2. The Hall–Kier alpha value is -1.39. The van der Waals surface area contributed by atoms with Gasteiger partial charge in [0.15, 0.2) is 0 Å². The van der Waals surface area contributed by atoms with Crippen LogP contribution in [0, 0.1) is 0 Å². The van der Waals surface area contributed by atoms with Gasteiger partial charge in [0.05, 0.1) is 19.2 Å². The molecule has 0 aromatic rings. The van der Waals surface area contributed by atoms with E-state index >= 15 is 0 Å². The van der Waals surface area contributed by atoms with Gasteiger partial charge in [-0.2, -0.15) is 13.2 Å². The molecule has 2 rings (SSSR count). The van der Waals surface area contributed by atoms with Crippen molar-refractivity contribution in [3.8, 4) is 0 Å². The second kappa shape index (κ2) is 8.81. The second-order valence-corrected chi connectivity index (χ2v) is 6.49. The molecule has 3 atom stereocenters. The smallest absolute Gasteiger partial charge is 0.367 e. The molecule has 2 fully saturated rings. The molecule has 2 amide bonds. The summed E-state index contributed by atoms with van der Waals surface area (Å²) >= 11 is 0. The Labute approximate surface area is 144 Å². The van der Waals surface area contributed by atoms with Crippen molar-refractivity contribution in [2.75, 3.05) is 39.3 Å². The molecule has 0 radical (unpaired) electrons. The van der Waals surface area contributed by atoms with Gasteiger partial charge in [-0.1, -0.05) is 0 Å². The van der Waals surface area contributed by atoms with Crippen LogP contribution in [0.4, 0.5) is 13.2 Å². The summed E-state index contributed by atoms with van der Waals surface area (Å²) in [5, 5.41) is 8.92. The van der Waals surface area contributed by atoms with Gasteiger partial charge >= 0.3 is 6.18 Å². The maximum atomic E-state index is 12.2. The highest BCUT2D eigenvalue weighted by molar-refractivity contribution is 5.86. The van der Waals surface area contributed by atoms with Gasteiger partial charge < -0.3 is 25.6 Å². The summed E-state index contributed by atoms with van der Waals surface area (Å²) in [6.45, 7) is 2.35. The van der Waals surface area contributed by atoms with E-state index in [1.165, 1.54) is 4.90 Å². The fourth-order valence-corrected chi connectivity index (χ4v) is 3.02. The zero-order valence-electron chi connectivity index (χ0n) is 14.2. The van der Waals surface area contributed by atoms with Crippen molar-refractivity contribution in [1.29, 1.82) is 0 Å². The summed E-state index contributed by atoms with van der Waals surface area (Å²) in [5.74, 6) is -0.338. The number of hydrogen-bond donors (Lipinski definition) is 3. The average molecular weight is 366 g/mol. The zero-order chi connectivity index (χ0) is 18.4. The van der Waals surface area contributed by atoms with Crippen molar-refractivity contribution in [2.24, 2.45) is 0 Å². The fraction of sp³-hybridized carbons (Fsp3) is 0.867. The van der Waals surface area contributed by atoms with Crippen molar-refractivity contribution in [3.63, 3.8) is 0 Å². The van der Waals surface area contributed by atoms with Crippen LogP contribution in [0.1, 0.15) is 19.8 Å². The van der Waals surface area contributed by atoms with Crippen LogP contribution in [0.25, 0.3) is 0 Å². The number of hydrogen-bond acceptors (Lipinski definition) is 5. The Bertz CT molecular complexity index is 467. The van der Waals surface area contributed by atoms with Crippen LogP contribution >= 0.6 is 0 Å². The zero-order valence-corrected chi connectivity index (χ0v) is 14.2. The number of nitrogens with one attached hydrogen (secondary N) is 3. The van der Waals surface area contributed by atoms with Crippen LogP contribution in [0.2, 0.25) is 0 Å². The Balaban J connectivity index is 1.68. The maximum absolute atomic E-state index is 12.2. The summed E-state index contributed by atoms with van der Waals surface area (Å²) in [5.41, 5.74) is 0. The predicted octanol–water partition coefficient (Wildman–Crippen LogP) is -0.378. The summed E-state index contributed by atoms with van der Waals surface area (Å²) < 4.78 is 41.3. The van der Waals surface area contributed by atoms with E-state index in [4.69, 9.17) is 4.74 Å². The summed E-state index contributed by atoms with van der Waals surface area (Å²) in [7, 11) is 0. The summed E-state index contributed by atoms with van der Waals surface area (Å²) in [6, 6.07) is -0.220. The first kappa shape index (κ1) is 19.9. The van der Waals surface area contributed by atoms with Gasteiger partial charge in [-0.25, -0.2) is 0 Å². The molecule has 2 aliphatic rings. The largest absolute Gasteiger partial charge is 0.411 e. The lowest BCUT2D eigenvalue weighted by atomic mass is 9.97. The lowest BCUT2D eigenvalue weighted by Crippen LogP contribution is -2.56. The Kier molecular flexibility index (Phi) is 7.03. The molecule has 0 bridgehead atoms. The number of alkyl halides is 3. The molecule has 3 N–H and O–H groups in total. The summed E-state index contributed by atoms with van der Waals surface area (Å²) in [4.78, 5) is 25.3. The van der Waals surface area contributed by atoms with Crippen LogP contribution in [0.3, 0.4) is 0 Å². The van der Waals surface area contributed by atoms with Gasteiger partial charge in [-0.15, -0.1) is 0 Å². The standard InChI is InChI=1S/C15H25F3N4O3/c1-10(21-13(23)8-22-5-4-19-7-14(22)24)12-3-2-11(6-20-12)25-9-15(16,17)18/h10-12,19-20H,2-9H2,1H3,(H,21,23)/t10-,11?,12?/m1/s1. The van der Waals surface area contributed by atoms with Crippen LogP contribution in [-0.2, 0) is 14.3 Å². The van der Waals surface area contributed by atoms with E-state index in [1.54, 1.807) is 0 Å². The highest BCUT2D eigenvalue weighted by Gasteiger charge is 2.32.